The highest BCUT2D eigenvalue weighted by atomic mass is 32.2. The van der Waals surface area contributed by atoms with Gasteiger partial charge in [0.05, 0.1) is 5.75 Å². The van der Waals surface area contributed by atoms with E-state index in [0.29, 0.717) is 0 Å². The monoisotopic (exact) mass is 276 g/mol. The van der Waals surface area contributed by atoms with Gasteiger partial charge in [0.15, 0.2) is 0 Å². The summed E-state index contributed by atoms with van der Waals surface area (Å²) >= 11 is 1.26. The van der Waals surface area contributed by atoms with Crippen molar-refractivity contribution >= 4 is 23.6 Å². The van der Waals surface area contributed by atoms with Gasteiger partial charge in [-0.2, -0.15) is 0 Å². The molecule has 0 aliphatic carbocycles. The third kappa shape index (κ3) is 5.73. The highest BCUT2D eigenvalue weighted by molar-refractivity contribution is 8.01. The molecule has 0 saturated heterocycles. The number of carboxylic acids is 1. The zero-order valence-electron chi connectivity index (χ0n) is 11.7. The predicted molar refractivity (Wildman–Crippen MR) is 74.7 cm³/mol. The van der Waals surface area contributed by atoms with Crippen LogP contribution in [0.2, 0.25) is 0 Å². The average Bonchev–Trinajstić information content (AvgIpc) is 2.25. The molecule has 0 radical (unpaired) electrons. The molecule has 6 heteroatoms. The van der Waals surface area contributed by atoms with Gasteiger partial charge in [-0.15, -0.1) is 11.8 Å². The van der Waals surface area contributed by atoms with E-state index in [4.69, 9.17) is 10.8 Å². The molecule has 0 aliphatic heterocycles. The highest BCUT2D eigenvalue weighted by Crippen LogP contribution is 2.27. The summed E-state index contributed by atoms with van der Waals surface area (Å²) < 4.78 is -0.681. The first-order chi connectivity index (χ1) is 8.02. The van der Waals surface area contributed by atoms with E-state index in [9.17, 15) is 9.59 Å². The molecule has 0 unspecified atom stereocenters. The van der Waals surface area contributed by atoms with Crippen LogP contribution in [0, 0.1) is 0 Å². The Hall–Kier alpha value is -0.750. The van der Waals surface area contributed by atoms with Gasteiger partial charge in [0.1, 0.15) is 6.04 Å². The number of carbonyl (C=O) groups excluding carboxylic acids is 1. The first-order valence-corrected chi connectivity index (χ1v) is 6.94. The van der Waals surface area contributed by atoms with Crippen LogP contribution in [0.5, 0.6) is 0 Å². The Morgan fingerprint density at radius 3 is 2.22 bits per heavy atom. The van der Waals surface area contributed by atoms with Gasteiger partial charge in [-0.1, -0.05) is 6.92 Å². The summed E-state index contributed by atoms with van der Waals surface area (Å²) in [6, 6.07) is -0.991. The van der Waals surface area contributed by atoms with Crippen LogP contribution in [0.4, 0.5) is 0 Å². The van der Waals surface area contributed by atoms with Gasteiger partial charge in [0.2, 0.25) is 5.91 Å². The Labute approximate surface area is 113 Å². The van der Waals surface area contributed by atoms with Gasteiger partial charge in [-0.25, -0.2) is 0 Å². The Morgan fingerprint density at radius 1 is 1.33 bits per heavy atom. The Morgan fingerprint density at radius 2 is 1.83 bits per heavy atom. The lowest BCUT2D eigenvalue weighted by Crippen LogP contribution is -2.48. The SMILES string of the molecule is CCC(C)(C)NC(=O)CSC(C)(C)[C@@H](N)C(=O)O. The molecular formula is C12H24N2O3S. The van der Waals surface area contributed by atoms with Crippen molar-refractivity contribution in [1.29, 1.82) is 0 Å². The summed E-state index contributed by atoms with van der Waals surface area (Å²) in [5.74, 6) is -0.948. The first kappa shape index (κ1) is 17.2. The Bertz CT molecular complexity index is 316. The maximum absolute atomic E-state index is 11.7. The standard InChI is InChI=1S/C12H24N2O3S/c1-6-11(2,3)14-8(15)7-18-12(4,5)9(13)10(16)17/h9H,6-7,13H2,1-5H3,(H,14,15)(H,16,17)/t9-/m0/s1. The van der Waals surface area contributed by atoms with Crippen LogP contribution in [-0.2, 0) is 9.59 Å². The number of hydrogen-bond donors (Lipinski definition) is 3. The third-order valence-corrected chi connectivity index (χ3v) is 4.36. The molecule has 1 amide bonds. The van der Waals surface area contributed by atoms with Crippen molar-refractivity contribution in [2.75, 3.05) is 5.75 Å². The van der Waals surface area contributed by atoms with Crippen molar-refractivity contribution < 1.29 is 14.7 Å². The van der Waals surface area contributed by atoms with Crippen molar-refractivity contribution in [3.05, 3.63) is 0 Å². The van der Waals surface area contributed by atoms with Crippen LogP contribution < -0.4 is 11.1 Å². The number of amides is 1. The van der Waals surface area contributed by atoms with Crippen molar-refractivity contribution in [3.8, 4) is 0 Å². The van der Waals surface area contributed by atoms with E-state index in [-0.39, 0.29) is 17.2 Å². The zero-order valence-corrected chi connectivity index (χ0v) is 12.6. The van der Waals surface area contributed by atoms with Gasteiger partial charge >= 0.3 is 5.97 Å². The van der Waals surface area contributed by atoms with Crippen LogP contribution in [0.3, 0.4) is 0 Å². The van der Waals surface area contributed by atoms with Gasteiger partial charge in [-0.05, 0) is 34.1 Å². The molecule has 5 nitrogen and oxygen atoms in total. The average molecular weight is 276 g/mol. The van der Waals surface area contributed by atoms with Gasteiger partial charge < -0.3 is 16.2 Å². The van der Waals surface area contributed by atoms with E-state index < -0.39 is 16.8 Å². The Balaban J connectivity index is 4.33. The molecule has 106 valence electrons. The van der Waals surface area contributed by atoms with Crippen LogP contribution >= 0.6 is 11.8 Å². The zero-order chi connectivity index (χ0) is 14.6. The minimum Gasteiger partial charge on any atom is -0.480 e. The number of nitrogens with two attached hydrogens (primary N) is 1. The molecule has 0 aromatic heterocycles. The van der Waals surface area contributed by atoms with E-state index in [1.54, 1.807) is 13.8 Å². The fourth-order valence-electron chi connectivity index (χ4n) is 1.14. The summed E-state index contributed by atoms with van der Waals surface area (Å²) in [5, 5.41) is 11.8. The van der Waals surface area contributed by atoms with E-state index in [1.807, 2.05) is 20.8 Å². The molecule has 0 spiro atoms. The smallest absolute Gasteiger partial charge is 0.321 e. The van der Waals surface area contributed by atoms with E-state index in [1.165, 1.54) is 11.8 Å². The minimum atomic E-state index is -1.05. The summed E-state index contributed by atoms with van der Waals surface area (Å²) in [6.07, 6.45) is 0.835. The molecule has 18 heavy (non-hydrogen) atoms. The number of rotatable bonds is 7. The second-order valence-electron chi connectivity index (χ2n) is 5.49. The van der Waals surface area contributed by atoms with E-state index in [0.717, 1.165) is 6.42 Å². The van der Waals surface area contributed by atoms with Gasteiger partial charge in [0, 0.05) is 10.3 Å². The minimum absolute atomic E-state index is 0.0995. The highest BCUT2D eigenvalue weighted by Gasteiger charge is 2.33. The number of aliphatic carboxylic acids is 1. The molecule has 0 heterocycles. The predicted octanol–water partition coefficient (Wildman–Crippen LogP) is 1.21. The van der Waals surface area contributed by atoms with E-state index >= 15 is 0 Å². The van der Waals surface area contributed by atoms with Crippen molar-refractivity contribution in [2.24, 2.45) is 5.73 Å². The summed E-state index contributed by atoms with van der Waals surface area (Å²) in [6.45, 7) is 9.36. The van der Waals surface area contributed by atoms with Crippen LogP contribution in [-0.4, -0.2) is 39.1 Å². The van der Waals surface area contributed by atoms with Crippen molar-refractivity contribution in [2.45, 2.75) is 57.4 Å². The number of carbonyl (C=O) groups is 2. The molecule has 0 aromatic carbocycles. The first-order valence-electron chi connectivity index (χ1n) is 5.95. The molecule has 0 aliphatic rings. The maximum atomic E-state index is 11.7. The fourth-order valence-corrected chi connectivity index (χ4v) is 2.00. The van der Waals surface area contributed by atoms with Crippen molar-refractivity contribution in [1.82, 2.24) is 5.32 Å². The van der Waals surface area contributed by atoms with Gasteiger partial charge in [-0.3, -0.25) is 9.59 Å². The number of thioether (sulfide) groups is 1. The lowest BCUT2D eigenvalue weighted by atomic mass is 10.0. The quantitative estimate of drug-likeness (QED) is 0.650. The lowest BCUT2D eigenvalue weighted by molar-refractivity contribution is -0.139. The fraction of sp³-hybridized carbons (Fsp3) is 0.833. The number of nitrogens with one attached hydrogen (secondary N) is 1. The molecule has 1 atom stereocenters. The number of carboxylic acid groups (broad SMARTS) is 1. The van der Waals surface area contributed by atoms with Crippen LogP contribution in [0.15, 0.2) is 0 Å². The molecule has 0 bridgehead atoms. The topological polar surface area (TPSA) is 92.4 Å². The third-order valence-electron chi connectivity index (χ3n) is 2.95. The second-order valence-corrected chi connectivity index (χ2v) is 7.12. The van der Waals surface area contributed by atoms with E-state index in [2.05, 4.69) is 5.32 Å². The molecule has 4 N–H and O–H groups in total. The lowest BCUT2D eigenvalue weighted by Gasteiger charge is -2.29. The second kappa shape index (κ2) is 6.43. The maximum Gasteiger partial charge on any atom is 0.321 e. The van der Waals surface area contributed by atoms with Crippen LogP contribution in [0.1, 0.15) is 41.0 Å². The number of hydrogen-bond acceptors (Lipinski definition) is 4. The van der Waals surface area contributed by atoms with Crippen LogP contribution in [0.25, 0.3) is 0 Å². The molecular weight excluding hydrogens is 252 g/mol. The summed E-state index contributed by atoms with van der Waals surface area (Å²) in [7, 11) is 0. The molecule has 0 rings (SSSR count). The molecule has 0 saturated carbocycles. The summed E-state index contributed by atoms with van der Waals surface area (Å²) in [4.78, 5) is 22.6. The normalized spacial score (nSPS) is 14.1. The van der Waals surface area contributed by atoms with Gasteiger partial charge in [0.25, 0.3) is 0 Å². The Kier molecular flexibility index (Phi) is 6.16. The summed E-state index contributed by atoms with van der Waals surface area (Å²) in [5.41, 5.74) is 5.34. The van der Waals surface area contributed by atoms with Crippen molar-refractivity contribution in [3.63, 3.8) is 0 Å². The molecule has 0 fully saturated rings. The molecule has 0 aromatic rings. The largest absolute Gasteiger partial charge is 0.480 e.